The van der Waals surface area contributed by atoms with Crippen LogP contribution in [-0.4, -0.2) is 21.8 Å². The van der Waals surface area contributed by atoms with Gasteiger partial charge in [-0.05, 0) is 30.7 Å². The molecule has 0 radical (unpaired) electrons. The standard InChI is InChI=1S/C11H9Cl2N3O2/c1-2-17-7-5-3-4-6-8(7)18-10-9(12)15-16-11(13)14-10/h3-6H,2H2,1H3. The SMILES string of the molecule is CCOc1ccccc1Oc1nc(Cl)nnc1Cl. The molecule has 0 unspecified atom stereocenters. The summed E-state index contributed by atoms with van der Waals surface area (Å²) in [6.45, 7) is 2.41. The minimum absolute atomic E-state index is 0.0331. The smallest absolute Gasteiger partial charge is 0.262 e. The number of halogens is 2. The molecule has 0 amide bonds. The largest absolute Gasteiger partial charge is 0.490 e. The van der Waals surface area contributed by atoms with E-state index in [0.29, 0.717) is 18.1 Å². The Labute approximate surface area is 114 Å². The molecule has 2 rings (SSSR count). The van der Waals surface area contributed by atoms with Crippen molar-refractivity contribution in [3.05, 3.63) is 34.7 Å². The quantitative estimate of drug-likeness (QED) is 0.862. The Morgan fingerprint density at radius 1 is 1.11 bits per heavy atom. The number of nitrogens with zero attached hydrogens (tertiary/aromatic N) is 3. The Bertz CT molecular complexity index is 552. The van der Waals surface area contributed by atoms with E-state index < -0.39 is 0 Å². The zero-order chi connectivity index (χ0) is 13.0. The Morgan fingerprint density at radius 2 is 1.83 bits per heavy atom. The van der Waals surface area contributed by atoms with E-state index in [4.69, 9.17) is 32.7 Å². The molecule has 94 valence electrons. The number of benzene rings is 1. The topological polar surface area (TPSA) is 57.1 Å². The van der Waals surface area contributed by atoms with Crippen molar-refractivity contribution in [2.24, 2.45) is 0 Å². The fraction of sp³-hybridized carbons (Fsp3) is 0.182. The first-order valence-corrected chi connectivity index (χ1v) is 5.91. The van der Waals surface area contributed by atoms with Gasteiger partial charge in [0.15, 0.2) is 11.5 Å². The molecule has 0 saturated heterocycles. The summed E-state index contributed by atoms with van der Waals surface area (Å²) in [5.41, 5.74) is 0. The van der Waals surface area contributed by atoms with E-state index in [2.05, 4.69) is 15.2 Å². The summed E-state index contributed by atoms with van der Waals surface area (Å²) >= 11 is 11.4. The lowest BCUT2D eigenvalue weighted by molar-refractivity contribution is 0.319. The monoisotopic (exact) mass is 285 g/mol. The zero-order valence-corrected chi connectivity index (χ0v) is 10.9. The van der Waals surface area contributed by atoms with Crippen LogP contribution in [0.1, 0.15) is 6.92 Å². The molecule has 0 aliphatic heterocycles. The van der Waals surface area contributed by atoms with Gasteiger partial charge < -0.3 is 9.47 Å². The minimum Gasteiger partial charge on any atom is -0.490 e. The number of aromatic nitrogens is 3. The van der Waals surface area contributed by atoms with E-state index >= 15 is 0 Å². The maximum Gasteiger partial charge on any atom is 0.262 e. The van der Waals surface area contributed by atoms with Crippen LogP contribution >= 0.6 is 23.2 Å². The Kier molecular flexibility index (Phi) is 4.17. The molecule has 7 heteroatoms. The van der Waals surface area contributed by atoms with Gasteiger partial charge >= 0.3 is 0 Å². The number of rotatable bonds is 4. The maximum absolute atomic E-state index is 5.81. The molecule has 2 aromatic rings. The van der Waals surface area contributed by atoms with Crippen molar-refractivity contribution in [1.29, 1.82) is 0 Å². The molecule has 0 aliphatic rings. The summed E-state index contributed by atoms with van der Waals surface area (Å²) in [5, 5.41) is 7.10. The molecule has 0 bridgehead atoms. The van der Waals surface area contributed by atoms with Crippen molar-refractivity contribution in [2.75, 3.05) is 6.61 Å². The van der Waals surface area contributed by atoms with Crippen LogP contribution in [0.2, 0.25) is 10.4 Å². The first-order chi connectivity index (χ1) is 8.70. The summed E-state index contributed by atoms with van der Waals surface area (Å²) < 4.78 is 10.9. The van der Waals surface area contributed by atoms with Gasteiger partial charge in [0.05, 0.1) is 6.61 Å². The normalized spacial score (nSPS) is 10.2. The molecular weight excluding hydrogens is 277 g/mol. The third-order valence-corrected chi connectivity index (χ3v) is 2.34. The van der Waals surface area contributed by atoms with Crippen LogP contribution in [0.4, 0.5) is 0 Å². The highest BCUT2D eigenvalue weighted by molar-refractivity contribution is 6.31. The van der Waals surface area contributed by atoms with Crippen LogP contribution in [0.15, 0.2) is 24.3 Å². The molecule has 0 aliphatic carbocycles. The second-order valence-electron chi connectivity index (χ2n) is 3.16. The van der Waals surface area contributed by atoms with Crippen molar-refractivity contribution >= 4 is 23.2 Å². The molecule has 18 heavy (non-hydrogen) atoms. The molecule has 0 N–H and O–H groups in total. The molecule has 1 aromatic heterocycles. The fourth-order valence-electron chi connectivity index (χ4n) is 1.26. The van der Waals surface area contributed by atoms with Crippen molar-refractivity contribution in [3.8, 4) is 17.4 Å². The molecule has 5 nitrogen and oxygen atoms in total. The minimum atomic E-state index is -0.0386. The average Bonchev–Trinajstić information content (AvgIpc) is 2.36. The van der Waals surface area contributed by atoms with Crippen molar-refractivity contribution in [3.63, 3.8) is 0 Å². The van der Waals surface area contributed by atoms with Crippen LogP contribution in [-0.2, 0) is 0 Å². The van der Waals surface area contributed by atoms with Crippen LogP contribution in [0.5, 0.6) is 17.4 Å². The Hall–Kier alpha value is -1.59. The highest BCUT2D eigenvalue weighted by Crippen LogP contribution is 2.32. The van der Waals surface area contributed by atoms with E-state index in [1.165, 1.54) is 0 Å². The fourth-order valence-corrected chi connectivity index (χ4v) is 1.49. The highest BCUT2D eigenvalue weighted by atomic mass is 35.5. The van der Waals surface area contributed by atoms with Gasteiger partial charge in [0.1, 0.15) is 0 Å². The number of ether oxygens (including phenoxy) is 2. The lowest BCUT2D eigenvalue weighted by atomic mass is 10.3. The molecule has 0 atom stereocenters. The summed E-state index contributed by atoms with van der Waals surface area (Å²) in [6, 6.07) is 7.16. The molecule has 0 spiro atoms. The summed E-state index contributed by atoms with van der Waals surface area (Å²) in [5.74, 6) is 1.16. The zero-order valence-electron chi connectivity index (χ0n) is 9.43. The predicted octanol–water partition coefficient (Wildman–Crippen LogP) is 3.37. The van der Waals surface area contributed by atoms with E-state index in [1.54, 1.807) is 12.1 Å². The first-order valence-electron chi connectivity index (χ1n) is 5.16. The van der Waals surface area contributed by atoms with E-state index in [0.717, 1.165) is 0 Å². The lowest BCUT2D eigenvalue weighted by Gasteiger charge is -2.10. The summed E-state index contributed by atoms with van der Waals surface area (Å²) in [4.78, 5) is 3.85. The van der Waals surface area contributed by atoms with Gasteiger partial charge in [0, 0.05) is 0 Å². The summed E-state index contributed by atoms with van der Waals surface area (Å²) in [6.07, 6.45) is 0. The summed E-state index contributed by atoms with van der Waals surface area (Å²) in [7, 11) is 0. The van der Waals surface area contributed by atoms with Crippen molar-refractivity contribution in [1.82, 2.24) is 15.2 Å². The van der Waals surface area contributed by atoms with Crippen LogP contribution in [0, 0.1) is 0 Å². The Morgan fingerprint density at radius 3 is 2.56 bits per heavy atom. The average molecular weight is 286 g/mol. The van der Waals surface area contributed by atoms with Gasteiger partial charge in [-0.25, -0.2) is 0 Å². The highest BCUT2D eigenvalue weighted by Gasteiger charge is 2.11. The predicted molar refractivity (Wildman–Crippen MR) is 67.5 cm³/mol. The number of hydrogen-bond donors (Lipinski definition) is 0. The third kappa shape index (κ3) is 3.00. The van der Waals surface area contributed by atoms with Gasteiger partial charge in [0.25, 0.3) is 5.88 Å². The number of para-hydroxylation sites is 2. The van der Waals surface area contributed by atoms with Crippen molar-refractivity contribution < 1.29 is 9.47 Å². The molecule has 1 heterocycles. The second-order valence-corrected chi connectivity index (χ2v) is 3.85. The Balaban J connectivity index is 2.30. The van der Waals surface area contributed by atoms with E-state index in [-0.39, 0.29) is 16.3 Å². The van der Waals surface area contributed by atoms with Gasteiger partial charge in [-0.3, -0.25) is 0 Å². The molecule has 0 fully saturated rings. The third-order valence-electron chi connectivity index (χ3n) is 1.95. The van der Waals surface area contributed by atoms with Gasteiger partial charge in [0.2, 0.25) is 10.4 Å². The van der Waals surface area contributed by atoms with Crippen LogP contribution < -0.4 is 9.47 Å². The lowest BCUT2D eigenvalue weighted by Crippen LogP contribution is -1.98. The van der Waals surface area contributed by atoms with Crippen molar-refractivity contribution in [2.45, 2.75) is 6.92 Å². The number of hydrogen-bond acceptors (Lipinski definition) is 5. The maximum atomic E-state index is 5.81. The first kappa shape index (κ1) is 12.9. The van der Waals surface area contributed by atoms with E-state index in [9.17, 15) is 0 Å². The van der Waals surface area contributed by atoms with Gasteiger partial charge in [-0.2, -0.15) is 4.98 Å². The second kappa shape index (κ2) is 5.84. The van der Waals surface area contributed by atoms with E-state index in [1.807, 2.05) is 19.1 Å². The molecular formula is C11H9Cl2N3O2. The van der Waals surface area contributed by atoms with Gasteiger partial charge in [-0.1, -0.05) is 23.7 Å². The van der Waals surface area contributed by atoms with Crippen LogP contribution in [0.3, 0.4) is 0 Å². The van der Waals surface area contributed by atoms with Gasteiger partial charge in [-0.15, -0.1) is 10.2 Å². The molecule has 0 saturated carbocycles. The molecule has 1 aromatic carbocycles. The van der Waals surface area contributed by atoms with Crippen LogP contribution in [0.25, 0.3) is 0 Å².